The minimum Gasteiger partial charge on any atom is -0.486 e. The Kier molecular flexibility index (Phi) is 6.68. The van der Waals surface area contributed by atoms with Crippen molar-refractivity contribution in [3.63, 3.8) is 0 Å². The third-order valence-corrected chi connectivity index (χ3v) is 4.16. The van der Waals surface area contributed by atoms with Gasteiger partial charge in [-0.15, -0.1) is 0 Å². The smallest absolute Gasteiger partial charge is 0.326 e. The van der Waals surface area contributed by atoms with Gasteiger partial charge in [0, 0.05) is 20.0 Å². The maximum Gasteiger partial charge on any atom is 0.326 e. The van der Waals surface area contributed by atoms with Crippen LogP contribution < -0.4 is 14.8 Å². The first kappa shape index (κ1) is 19.8. The molecule has 0 radical (unpaired) electrons. The molecule has 0 aliphatic carbocycles. The van der Waals surface area contributed by atoms with Crippen LogP contribution in [0.25, 0.3) is 0 Å². The number of nitrogens with zero attached hydrogens (tertiary/aromatic N) is 1. The molecule has 1 heterocycles. The Balaban J connectivity index is 2.13. The van der Waals surface area contributed by atoms with E-state index in [1.807, 2.05) is 0 Å². The third-order valence-electron chi connectivity index (χ3n) is 3.88. The number of ether oxygens (including phenoxy) is 2. The highest BCUT2D eigenvalue weighted by Gasteiger charge is 2.26. The van der Waals surface area contributed by atoms with Gasteiger partial charge in [0.05, 0.1) is 11.4 Å². The number of hydrogen-bond donors (Lipinski definition) is 2. The molecule has 1 unspecified atom stereocenters. The van der Waals surface area contributed by atoms with Crippen LogP contribution in [0.4, 0.5) is 0 Å². The van der Waals surface area contributed by atoms with Gasteiger partial charge in [-0.3, -0.25) is 9.59 Å². The van der Waals surface area contributed by atoms with Crippen molar-refractivity contribution in [2.24, 2.45) is 0 Å². The summed E-state index contributed by atoms with van der Waals surface area (Å²) in [6.07, 6.45) is -0.0476. The summed E-state index contributed by atoms with van der Waals surface area (Å²) in [4.78, 5) is 36.2. The van der Waals surface area contributed by atoms with Crippen LogP contribution in [0.2, 0.25) is 5.02 Å². The molecule has 142 valence electrons. The molecule has 1 aliphatic rings. The maximum absolute atomic E-state index is 12.6. The summed E-state index contributed by atoms with van der Waals surface area (Å²) in [6, 6.07) is 2.24. The largest absolute Gasteiger partial charge is 0.486 e. The molecule has 1 aromatic rings. The Hall–Kier alpha value is -2.48. The highest BCUT2D eigenvalue weighted by Crippen LogP contribution is 2.38. The minimum absolute atomic E-state index is 0.0476. The number of fused-ring (bicyclic) bond motifs is 1. The van der Waals surface area contributed by atoms with Crippen molar-refractivity contribution in [3.05, 3.63) is 22.7 Å². The minimum atomic E-state index is -1.12. The number of benzene rings is 1. The van der Waals surface area contributed by atoms with Crippen molar-refractivity contribution in [3.8, 4) is 11.5 Å². The van der Waals surface area contributed by atoms with Crippen LogP contribution >= 0.6 is 11.6 Å². The second kappa shape index (κ2) is 8.75. The van der Waals surface area contributed by atoms with Gasteiger partial charge < -0.3 is 24.8 Å². The van der Waals surface area contributed by atoms with Gasteiger partial charge >= 0.3 is 5.97 Å². The van der Waals surface area contributed by atoms with E-state index < -0.39 is 17.9 Å². The van der Waals surface area contributed by atoms with E-state index >= 15 is 0 Å². The normalized spacial score (nSPS) is 13.7. The Morgan fingerprint density at radius 3 is 2.65 bits per heavy atom. The van der Waals surface area contributed by atoms with Crippen molar-refractivity contribution >= 4 is 29.4 Å². The van der Waals surface area contributed by atoms with Gasteiger partial charge in [-0.1, -0.05) is 11.6 Å². The number of carboxylic acid groups (broad SMARTS) is 1. The number of amides is 2. The van der Waals surface area contributed by atoms with Gasteiger partial charge in [-0.25, -0.2) is 4.79 Å². The van der Waals surface area contributed by atoms with E-state index in [9.17, 15) is 19.5 Å². The average molecular weight is 385 g/mol. The lowest BCUT2D eigenvalue weighted by Crippen LogP contribution is -2.47. The fraction of sp³-hybridized carbons (Fsp3) is 0.471. The van der Waals surface area contributed by atoms with Crippen molar-refractivity contribution in [2.75, 3.05) is 26.3 Å². The van der Waals surface area contributed by atoms with Gasteiger partial charge in [-0.05, 0) is 24.6 Å². The first-order chi connectivity index (χ1) is 12.3. The summed E-state index contributed by atoms with van der Waals surface area (Å²) in [5.41, 5.74) is 0.589. The van der Waals surface area contributed by atoms with Crippen molar-refractivity contribution in [1.82, 2.24) is 10.2 Å². The van der Waals surface area contributed by atoms with E-state index in [-0.39, 0.29) is 25.4 Å². The van der Waals surface area contributed by atoms with E-state index in [2.05, 4.69) is 5.32 Å². The van der Waals surface area contributed by atoms with E-state index in [1.165, 1.54) is 18.7 Å². The quantitative estimate of drug-likeness (QED) is 0.729. The summed E-state index contributed by atoms with van der Waals surface area (Å²) in [5.74, 6) is -0.864. The molecule has 2 amide bonds. The molecule has 0 bridgehead atoms. The van der Waals surface area contributed by atoms with Gasteiger partial charge in [0.15, 0.2) is 11.5 Å². The third kappa shape index (κ3) is 5.01. The van der Waals surface area contributed by atoms with Gasteiger partial charge in [0.2, 0.25) is 11.8 Å². The van der Waals surface area contributed by atoms with Gasteiger partial charge in [-0.2, -0.15) is 0 Å². The summed E-state index contributed by atoms with van der Waals surface area (Å²) in [5, 5.41) is 12.1. The molecular formula is C17H21ClN2O6. The fourth-order valence-corrected chi connectivity index (χ4v) is 2.85. The van der Waals surface area contributed by atoms with Gasteiger partial charge in [0.25, 0.3) is 0 Å². The summed E-state index contributed by atoms with van der Waals surface area (Å²) >= 11 is 6.17. The molecule has 0 saturated heterocycles. The molecule has 2 N–H and O–H groups in total. The number of halogens is 1. The zero-order chi connectivity index (χ0) is 19.3. The number of hydrogen-bond acceptors (Lipinski definition) is 5. The van der Waals surface area contributed by atoms with Crippen LogP contribution in [-0.2, 0) is 20.8 Å². The van der Waals surface area contributed by atoms with E-state index in [1.54, 1.807) is 12.1 Å². The molecule has 0 fully saturated rings. The zero-order valence-corrected chi connectivity index (χ0v) is 15.3. The molecule has 26 heavy (non-hydrogen) atoms. The summed E-state index contributed by atoms with van der Waals surface area (Å²) in [6.45, 7) is 3.82. The molecule has 2 rings (SSSR count). The summed E-state index contributed by atoms with van der Waals surface area (Å²) < 4.78 is 10.9. The van der Waals surface area contributed by atoms with E-state index in [0.29, 0.717) is 35.3 Å². The van der Waals surface area contributed by atoms with Crippen LogP contribution in [-0.4, -0.2) is 60.1 Å². The molecule has 1 atom stereocenters. The van der Waals surface area contributed by atoms with Crippen LogP contribution in [0.5, 0.6) is 11.5 Å². The average Bonchev–Trinajstić information content (AvgIpc) is 2.57. The molecule has 9 heteroatoms. The molecule has 8 nitrogen and oxygen atoms in total. The Morgan fingerprint density at radius 2 is 2.00 bits per heavy atom. The molecular weight excluding hydrogens is 364 g/mol. The monoisotopic (exact) mass is 384 g/mol. The fourth-order valence-electron chi connectivity index (χ4n) is 2.56. The Labute approximate surface area is 156 Å². The lowest BCUT2D eigenvalue weighted by molar-refractivity contribution is -0.149. The van der Waals surface area contributed by atoms with Crippen molar-refractivity contribution < 1.29 is 29.0 Å². The second-order valence-corrected chi connectivity index (χ2v) is 6.27. The Bertz CT molecular complexity index is 709. The topological polar surface area (TPSA) is 105 Å². The first-order valence-corrected chi connectivity index (χ1v) is 8.52. The molecule has 0 aromatic heterocycles. The van der Waals surface area contributed by atoms with Crippen molar-refractivity contribution in [1.29, 1.82) is 0 Å². The molecule has 0 spiro atoms. The predicted octanol–water partition coefficient (Wildman–Crippen LogP) is 1.09. The van der Waals surface area contributed by atoms with Crippen LogP contribution in [0, 0.1) is 0 Å². The standard InChI is InChI=1S/C17H21ClN2O6/c1-10(17(23)24)20(4-3-19-11(2)21)15(22)9-12-7-13(18)16-14(8-12)25-5-6-26-16/h7-8,10H,3-6,9H2,1-2H3,(H,19,21)(H,23,24). The van der Waals surface area contributed by atoms with Crippen LogP contribution in [0.3, 0.4) is 0 Å². The number of rotatable bonds is 7. The lowest BCUT2D eigenvalue weighted by atomic mass is 10.1. The zero-order valence-electron chi connectivity index (χ0n) is 14.6. The number of nitrogens with one attached hydrogen (secondary N) is 1. The highest BCUT2D eigenvalue weighted by molar-refractivity contribution is 6.32. The predicted molar refractivity (Wildman–Crippen MR) is 93.6 cm³/mol. The maximum atomic E-state index is 12.6. The SMILES string of the molecule is CC(=O)NCCN(C(=O)Cc1cc(Cl)c2c(c1)OCCO2)C(C)C(=O)O. The van der Waals surface area contributed by atoms with E-state index in [0.717, 1.165) is 0 Å². The molecule has 1 aromatic carbocycles. The Morgan fingerprint density at radius 1 is 1.31 bits per heavy atom. The van der Waals surface area contributed by atoms with Gasteiger partial charge in [0.1, 0.15) is 19.3 Å². The second-order valence-electron chi connectivity index (χ2n) is 5.86. The molecule has 1 aliphatic heterocycles. The number of carbonyl (C=O) groups is 3. The van der Waals surface area contributed by atoms with Crippen LogP contribution in [0.1, 0.15) is 19.4 Å². The number of carbonyl (C=O) groups excluding carboxylic acids is 2. The van der Waals surface area contributed by atoms with E-state index in [4.69, 9.17) is 21.1 Å². The first-order valence-electron chi connectivity index (χ1n) is 8.14. The highest BCUT2D eigenvalue weighted by atomic mass is 35.5. The van der Waals surface area contributed by atoms with Crippen molar-refractivity contribution in [2.45, 2.75) is 26.3 Å². The lowest BCUT2D eigenvalue weighted by Gasteiger charge is -2.27. The number of aliphatic carboxylic acids is 1. The molecule has 0 saturated carbocycles. The number of carboxylic acids is 1. The van der Waals surface area contributed by atoms with Crippen LogP contribution in [0.15, 0.2) is 12.1 Å². The summed E-state index contributed by atoms with van der Waals surface area (Å²) in [7, 11) is 0.